The molecule has 2 fully saturated rings. The van der Waals surface area contributed by atoms with Gasteiger partial charge in [-0.25, -0.2) is 4.98 Å². The maximum absolute atomic E-state index is 9.34. The van der Waals surface area contributed by atoms with E-state index >= 15 is 0 Å². The van der Waals surface area contributed by atoms with E-state index in [9.17, 15) is 5.26 Å². The zero-order valence-corrected chi connectivity index (χ0v) is 14.1. The minimum atomic E-state index is 0.423. The van der Waals surface area contributed by atoms with Crippen molar-refractivity contribution in [3.63, 3.8) is 0 Å². The smallest absolute Gasteiger partial charge is 0.228 e. The van der Waals surface area contributed by atoms with E-state index in [1.807, 2.05) is 11.8 Å². The molecule has 2 aliphatic heterocycles. The van der Waals surface area contributed by atoms with Crippen molar-refractivity contribution < 1.29 is 0 Å². The second-order valence-electron chi connectivity index (χ2n) is 4.96. The minimum Gasteiger partial charge on any atom is -0.354 e. The SMILES string of the molecule is N#Cc1nc(N2CCNCC2)nc(N2CCSCC2)c1Br. The Hall–Kier alpha value is -1.04. The first-order valence-electron chi connectivity index (χ1n) is 7.05. The first kappa shape index (κ1) is 14.9. The molecule has 6 nitrogen and oxygen atoms in total. The van der Waals surface area contributed by atoms with Gasteiger partial charge in [-0.3, -0.25) is 0 Å². The molecular weight excluding hydrogens is 352 g/mol. The van der Waals surface area contributed by atoms with E-state index in [0.29, 0.717) is 11.6 Å². The van der Waals surface area contributed by atoms with Gasteiger partial charge in [-0.1, -0.05) is 0 Å². The number of nitriles is 1. The molecule has 2 saturated heterocycles. The summed E-state index contributed by atoms with van der Waals surface area (Å²) in [6, 6.07) is 2.18. The molecule has 0 spiro atoms. The van der Waals surface area contributed by atoms with Crippen LogP contribution >= 0.6 is 27.7 Å². The fourth-order valence-electron chi connectivity index (χ4n) is 2.49. The third kappa shape index (κ3) is 3.25. The van der Waals surface area contributed by atoms with Crippen LogP contribution in [-0.2, 0) is 0 Å². The van der Waals surface area contributed by atoms with Gasteiger partial charge in [0, 0.05) is 50.8 Å². The molecule has 0 amide bonds. The number of nitrogens with zero attached hydrogens (tertiary/aromatic N) is 5. The van der Waals surface area contributed by atoms with Crippen LogP contribution in [0.15, 0.2) is 4.47 Å². The predicted molar refractivity (Wildman–Crippen MR) is 89.1 cm³/mol. The van der Waals surface area contributed by atoms with Gasteiger partial charge >= 0.3 is 0 Å². The third-order valence-electron chi connectivity index (χ3n) is 3.64. The lowest BCUT2D eigenvalue weighted by atomic mass is 10.3. The van der Waals surface area contributed by atoms with Crippen LogP contribution < -0.4 is 15.1 Å². The summed E-state index contributed by atoms with van der Waals surface area (Å²) in [4.78, 5) is 13.5. The Morgan fingerprint density at radius 3 is 2.48 bits per heavy atom. The molecule has 1 aromatic rings. The Morgan fingerprint density at radius 2 is 1.81 bits per heavy atom. The molecule has 0 bridgehead atoms. The summed E-state index contributed by atoms with van der Waals surface area (Å²) in [6.07, 6.45) is 0. The fourth-order valence-corrected chi connectivity index (χ4v) is 3.91. The highest BCUT2D eigenvalue weighted by molar-refractivity contribution is 9.10. The van der Waals surface area contributed by atoms with Crippen molar-refractivity contribution in [2.75, 3.05) is 60.6 Å². The molecule has 0 atom stereocenters. The topological polar surface area (TPSA) is 68.1 Å². The number of rotatable bonds is 2. The molecule has 3 rings (SSSR count). The lowest BCUT2D eigenvalue weighted by Gasteiger charge is -2.31. The van der Waals surface area contributed by atoms with Crippen LogP contribution in [0.5, 0.6) is 0 Å². The number of thioether (sulfide) groups is 1. The largest absolute Gasteiger partial charge is 0.354 e. The van der Waals surface area contributed by atoms with Crippen molar-refractivity contribution in [3.8, 4) is 6.07 Å². The zero-order chi connectivity index (χ0) is 14.7. The van der Waals surface area contributed by atoms with E-state index in [1.54, 1.807) is 0 Å². The van der Waals surface area contributed by atoms with Crippen molar-refractivity contribution >= 4 is 39.5 Å². The Kier molecular flexibility index (Phi) is 4.83. The Bertz CT molecular complexity index is 548. The number of anilines is 2. The van der Waals surface area contributed by atoms with E-state index < -0.39 is 0 Å². The van der Waals surface area contributed by atoms with Crippen LogP contribution in [0.2, 0.25) is 0 Å². The van der Waals surface area contributed by atoms with E-state index in [2.05, 4.69) is 42.1 Å². The summed E-state index contributed by atoms with van der Waals surface area (Å²) in [7, 11) is 0. The second kappa shape index (κ2) is 6.81. The normalized spacial score (nSPS) is 19.4. The number of halogens is 1. The van der Waals surface area contributed by atoms with Gasteiger partial charge in [0.2, 0.25) is 5.95 Å². The minimum absolute atomic E-state index is 0.423. The molecule has 0 aliphatic carbocycles. The molecule has 21 heavy (non-hydrogen) atoms. The highest BCUT2D eigenvalue weighted by atomic mass is 79.9. The number of aromatic nitrogens is 2. The van der Waals surface area contributed by atoms with Crippen molar-refractivity contribution in [1.82, 2.24) is 15.3 Å². The standard InChI is InChI=1S/C13H17BrN6S/c14-11-10(9-15)17-13(20-3-1-16-2-4-20)18-12(11)19-5-7-21-8-6-19/h16H,1-8H2. The Morgan fingerprint density at radius 1 is 1.10 bits per heavy atom. The van der Waals surface area contributed by atoms with Gasteiger partial charge in [0.1, 0.15) is 11.9 Å². The quantitative estimate of drug-likeness (QED) is 0.837. The molecule has 0 unspecified atom stereocenters. The van der Waals surface area contributed by atoms with Crippen molar-refractivity contribution in [2.24, 2.45) is 0 Å². The van der Waals surface area contributed by atoms with Crippen LogP contribution in [0.25, 0.3) is 0 Å². The average molecular weight is 369 g/mol. The van der Waals surface area contributed by atoms with Crippen LogP contribution in [0.1, 0.15) is 5.69 Å². The van der Waals surface area contributed by atoms with Crippen molar-refractivity contribution in [3.05, 3.63) is 10.2 Å². The molecule has 1 aromatic heterocycles. The molecule has 8 heteroatoms. The summed E-state index contributed by atoms with van der Waals surface area (Å²) in [6.45, 7) is 5.54. The molecule has 0 aromatic carbocycles. The number of nitrogens with one attached hydrogen (secondary N) is 1. The Balaban J connectivity index is 1.95. The number of hydrogen-bond donors (Lipinski definition) is 1. The van der Waals surface area contributed by atoms with E-state index in [4.69, 9.17) is 4.98 Å². The number of piperazine rings is 1. The predicted octanol–water partition coefficient (Wildman–Crippen LogP) is 1.07. The molecule has 2 aliphatic rings. The monoisotopic (exact) mass is 368 g/mol. The first-order chi connectivity index (χ1) is 10.3. The average Bonchev–Trinajstić information content (AvgIpc) is 2.56. The summed E-state index contributed by atoms with van der Waals surface area (Å²) in [5.74, 6) is 3.72. The number of hydrogen-bond acceptors (Lipinski definition) is 7. The summed E-state index contributed by atoms with van der Waals surface area (Å²) in [5, 5.41) is 12.7. The third-order valence-corrected chi connectivity index (χ3v) is 5.31. The fraction of sp³-hybridized carbons (Fsp3) is 0.615. The molecule has 0 saturated carbocycles. The van der Waals surface area contributed by atoms with Crippen molar-refractivity contribution in [2.45, 2.75) is 0 Å². The van der Waals surface area contributed by atoms with Crippen LogP contribution in [0.3, 0.4) is 0 Å². The molecule has 0 radical (unpaired) electrons. The van der Waals surface area contributed by atoms with E-state index in [0.717, 1.165) is 61.1 Å². The summed E-state index contributed by atoms with van der Waals surface area (Å²) in [5.41, 5.74) is 0.423. The maximum Gasteiger partial charge on any atom is 0.228 e. The highest BCUT2D eigenvalue weighted by Gasteiger charge is 2.22. The van der Waals surface area contributed by atoms with E-state index in [1.165, 1.54) is 0 Å². The highest BCUT2D eigenvalue weighted by Crippen LogP contribution is 2.30. The van der Waals surface area contributed by atoms with Gasteiger partial charge in [-0.2, -0.15) is 22.0 Å². The summed E-state index contributed by atoms with van der Waals surface area (Å²) >= 11 is 5.47. The molecule has 112 valence electrons. The van der Waals surface area contributed by atoms with Crippen molar-refractivity contribution in [1.29, 1.82) is 5.26 Å². The Labute approximate surface area is 137 Å². The molecule has 1 N–H and O–H groups in total. The van der Waals surface area contributed by atoms with Crippen LogP contribution in [0.4, 0.5) is 11.8 Å². The van der Waals surface area contributed by atoms with Gasteiger partial charge in [0.15, 0.2) is 5.69 Å². The van der Waals surface area contributed by atoms with Gasteiger partial charge < -0.3 is 15.1 Å². The van der Waals surface area contributed by atoms with Gasteiger partial charge in [0.25, 0.3) is 0 Å². The lowest BCUT2D eigenvalue weighted by Crippen LogP contribution is -2.44. The van der Waals surface area contributed by atoms with Crippen LogP contribution in [0, 0.1) is 11.3 Å². The molecule has 3 heterocycles. The summed E-state index contributed by atoms with van der Waals surface area (Å²) < 4.78 is 0.718. The van der Waals surface area contributed by atoms with Gasteiger partial charge in [-0.15, -0.1) is 0 Å². The second-order valence-corrected chi connectivity index (χ2v) is 6.98. The van der Waals surface area contributed by atoms with Gasteiger partial charge in [-0.05, 0) is 15.9 Å². The first-order valence-corrected chi connectivity index (χ1v) is 9.00. The van der Waals surface area contributed by atoms with Crippen LogP contribution in [-0.4, -0.2) is 60.7 Å². The van der Waals surface area contributed by atoms with E-state index in [-0.39, 0.29) is 0 Å². The lowest BCUT2D eigenvalue weighted by molar-refractivity contribution is 0.579. The molecular formula is C13H17BrN6S. The maximum atomic E-state index is 9.34. The zero-order valence-electron chi connectivity index (χ0n) is 11.7. The van der Waals surface area contributed by atoms with Gasteiger partial charge in [0.05, 0.1) is 4.47 Å².